The summed E-state index contributed by atoms with van der Waals surface area (Å²) in [6, 6.07) is 11.3. The molecular weight excluding hydrogens is 368 g/mol. The van der Waals surface area contributed by atoms with Crippen LogP contribution in [0.5, 0.6) is 0 Å². The molecule has 0 saturated carbocycles. The first-order valence-corrected chi connectivity index (χ1v) is 10.1. The van der Waals surface area contributed by atoms with Gasteiger partial charge in [0.15, 0.2) is 18.3 Å². The van der Waals surface area contributed by atoms with Gasteiger partial charge in [0.05, 0.1) is 12.8 Å². The zero-order valence-corrected chi connectivity index (χ0v) is 17.4. The van der Waals surface area contributed by atoms with Gasteiger partial charge in [-0.2, -0.15) is 0 Å². The van der Waals surface area contributed by atoms with E-state index in [1.807, 2.05) is 19.1 Å². The lowest BCUT2D eigenvalue weighted by Crippen LogP contribution is -3.15. The fourth-order valence-corrected chi connectivity index (χ4v) is 3.19. The van der Waals surface area contributed by atoms with E-state index < -0.39 is 0 Å². The van der Waals surface area contributed by atoms with Gasteiger partial charge in [-0.1, -0.05) is 32.9 Å². The molecule has 7 heteroatoms. The number of furan rings is 1. The van der Waals surface area contributed by atoms with Gasteiger partial charge in [0.2, 0.25) is 0 Å². The molecular formula is C22H29N4O3+. The Labute approximate surface area is 171 Å². The summed E-state index contributed by atoms with van der Waals surface area (Å²) in [5.74, 6) is 1.81. The van der Waals surface area contributed by atoms with Gasteiger partial charge in [-0.15, -0.1) is 10.2 Å². The highest BCUT2D eigenvalue weighted by Gasteiger charge is 2.27. The number of anilines is 1. The minimum absolute atomic E-state index is 0.0310. The maximum Gasteiger partial charge on any atom is 0.283 e. The van der Waals surface area contributed by atoms with Crippen molar-refractivity contribution in [3.63, 3.8) is 0 Å². The van der Waals surface area contributed by atoms with Crippen molar-refractivity contribution >= 4 is 11.6 Å². The maximum atomic E-state index is 12.8. The van der Waals surface area contributed by atoms with Gasteiger partial charge in [-0.25, -0.2) is 0 Å². The molecule has 0 aliphatic rings. The number of hydrogen-bond acceptors (Lipinski definition) is 5. The molecule has 0 aliphatic heterocycles. The molecule has 0 spiro atoms. The average Bonchev–Trinajstić information content (AvgIpc) is 3.39. The summed E-state index contributed by atoms with van der Waals surface area (Å²) in [5, 5.41) is 11.2. The molecule has 0 radical (unpaired) electrons. The van der Waals surface area contributed by atoms with E-state index in [2.05, 4.69) is 48.4 Å². The van der Waals surface area contributed by atoms with Crippen LogP contribution in [0, 0.1) is 0 Å². The number of carbonyl (C=O) groups excluding carboxylic acids is 1. The number of rotatable bonds is 9. The van der Waals surface area contributed by atoms with Crippen molar-refractivity contribution in [2.24, 2.45) is 0 Å². The van der Waals surface area contributed by atoms with Gasteiger partial charge >= 0.3 is 0 Å². The summed E-state index contributed by atoms with van der Waals surface area (Å²) in [6.07, 6.45) is 2.50. The van der Waals surface area contributed by atoms with Crippen LogP contribution in [0.2, 0.25) is 0 Å². The van der Waals surface area contributed by atoms with Crippen molar-refractivity contribution in [2.45, 2.75) is 52.6 Å². The quantitative estimate of drug-likeness (QED) is 0.579. The molecule has 0 bridgehead atoms. The highest BCUT2D eigenvalue weighted by Crippen LogP contribution is 2.18. The van der Waals surface area contributed by atoms with E-state index in [4.69, 9.17) is 8.83 Å². The van der Waals surface area contributed by atoms with Crippen LogP contribution >= 0.6 is 0 Å². The Morgan fingerprint density at radius 3 is 2.52 bits per heavy atom. The highest BCUT2D eigenvalue weighted by atomic mass is 16.4. The summed E-state index contributed by atoms with van der Waals surface area (Å²) in [4.78, 5) is 13.9. The monoisotopic (exact) mass is 397 g/mol. The lowest BCUT2D eigenvalue weighted by Gasteiger charge is -2.23. The standard InChI is InChI=1S/C22H28N4O3/c1-5-12-26(14-20-24-25-22(29-20)19-7-6-13-28-19)16(4)21(27)23-18-10-8-17(9-11-18)15(2)3/h6-11,13,15-16H,5,12,14H2,1-4H3,(H,23,27)/p+1/t16-/m0/s1. The first-order valence-electron chi connectivity index (χ1n) is 10.1. The SMILES string of the molecule is CCC[NH+](Cc1nnc(-c2ccco2)o1)[C@@H](C)C(=O)Nc1ccc(C(C)C)cc1. The first-order chi connectivity index (χ1) is 14.0. The lowest BCUT2D eigenvalue weighted by molar-refractivity contribution is -0.928. The molecule has 29 heavy (non-hydrogen) atoms. The molecule has 3 aromatic rings. The second-order valence-corrected chi connectivity index (χ2v) is 7.55. The highest BCUT2D eigenvalue weighted by molar-refractivity contribution is 5.93. The molecule has 2 atom stereocenters. The first kappa shape index (κ1) is 20.8. The number of benzene rings is 1. The largest absolute Gasteiger partial charge is 0.459 e. The minimum Gasteiger partial charge on any atom is -0.459 e. The van der Waals surface area contributed by atoms with Gasteiger partial charge in [0.1, 0.15) is 0 Å². The molecule has 2 N–H and O–H groups in total. The normalized spacial score (nSPS) is 13.4. The second kappa shape index (κ2) is 9.52. The number of hydrogen-bond donors (Lipinski definition) is 2. The minimum atomic E-state index is -0.265. The third-order valence-electron chi connectivity index (χ3n) is 5.00. The van der Waals surface area contributed by atoms with E-state index in [0.29, 0.717) is 30.0 Å². The van der Waals surface area contributed by atoms with Crippen molar-refractivity contribution in [1.82, 2.24) is 10.2 Å². The molecule has 1 unspecified atom stereocenters. The third-order valence-corrected chi connectivity index (χ3v) is 5.00. The molecule has 0 fully saturated rings. The van der Waals surface area contributed by atoms with E-state index in [1.54, 1.807) is 18.4 Å². The Hall–Kier alpha value is -2.93. The van der Waals surface area contributed by atoms with Gasteiger partial charge in [-0.3, -0.25) is 4.79 Å². The van der Waals surface area contributed by atoms with Crippen LogP contribution in [0.25, 0.3) is 11.7 Å². The van der Waals surface area contributed by atoms with Crippen LogP contribution in [0.15, 0.2) is 51.5 Å². The van der Waals surface area contributed by atoms with Crippen LogP contribution in [-0.2, 0) is 11.3 Å². The molecule has 3 rings (SSSR count). The average molecular weight is 397 g/mol. The van der Waals surface area contributed by atoms with Crippen molar-refractivity contribution in [2.75, 3.05) is 11.9 Å². The molecule has 0 saturated heterocycles. The van der Waals surface area contributed by atoms with Gasteiger partial charge in [-0.05, 0) is 49.1 Å². The number of nitrogens with one attached hydrogen (secondary N) is 2. The fourth-order valence-electron chi connectivity index (χ4n) is 3.19. The van der Waals surface area contributed by atoms with Crippen molar-refractivity contribution in [1.29, 1.82) is 0 Å². The summed E-state index contributed by atoms with van der Waals surface area (Å²) in [7, 11) is 0. The van der Waals surface area contributed by atoms with Gasteiger partial charge in [0.25, 0.3) is 17.7 Å². The number of quaternary nitrogens is 1. The Morgan fingerprint density at radius 1 is 1.14 bits per heavy atom. The van der Waals surface area contributed by atoms with Crippen LogP contribution in [0.3, 0.4) is 0 Å². The smallest absolute Gasteiger partial charge is 0.283 e. The summed E-state index contributed by atoms with van der Waals surface area (Å²) >= 11 is 0. The maximum absolute atomic E-state index is 12.8. The van der Waals surface area contributed by atoms with E-state index in [9.17, 15) is 4.79 Å². The third kappa shape index (κ3) is 5.32. The number of amides is 1. The molecule has 1 amide bonds. The van der Waals surface area contributed by atoms with Crippen LogP contribution in [0.1, 0.15) is 51.5 Å². The predicted molar refractivity (Wildman–Crippen MR) is 110 cm³/mol. The van der Waals surface area contributed by atoms with Gasteiger partial charge in [0, 0.05) is 5.69 Å². The van der Waals surface area contributed by atoms with Crippen LogP contribution in [0.4, 0.5) is 5.69 Å². The number of nitrogens with zero attached hydrogens (tertiary/aromatic N) is 2. The summed E-state index contributed by atoms with van der Waals surface area (Å²) in [6.45, 7) is 9.61. The molecule has 2 heterocycles. The van der Waals surface area contributed by atoms with Crippen molar-refractivity contribution in [3.05, 3.63) is 54.1 Å². The van der Waals surface area contributed by atoms with Crippen molar-refractivity contribution < 1.29 is 18.5 Å². The van der Waals surface area contributed by atoms with E-state index in [1.165, 1.54) is 5.56 Å². The second-order valence-electron chi connectivity index (χ2n) is 7.55. The van der Waals surface area contributed by atoms with E-state index >= 15 is 0 Å². The predicted octanol–water partition coefficient (Wildman–Crippen LogP) is 3.28. The molecule has 2 aromatic heterocycles. The summed E-state index contributed by atoms with van der Waals surface area (Å²) < 4.78 is 11.0. The Bertz CT molecular complexity index is 901. The zero-order chi connectivity index (χ0) is 20.8. The Balaban J connectivity index is 1.65. The summed E-state index contributed by atoms with van der Waals surface area (Å²) in [5.41, 5.74) is 2.05. The Morgan fingerprint density at radius 2 is 1.90 bits per heavy atom. The zero-order valence-electron chi connectivity index (χ0n) is 17.4. The molecule has 0 aliphatic carbocycles. The van der Waals surface area contributed by atoms with Gasteiger partial charge < -0.3 is 19.1 Å². The number of carbonyl (C=O) groups is 1. The van der Waals surface area contributed by atoms with Crippen molar-refractivity contribution in [3.8, 4) is 11.7 Å². The molecule has 1 aromatic carbocycles. The molecule has 154 valence electrons. The van der Waals surface area contributed by atoms with Crippen LogP contribution < -0.4 is 10.2 Å². The molecule has 7 nitrogen and oxygen atoms in total. The Kier molecular flexibility index (Phi) is 6.82. The fraction of sp³-hybridized carbons (Fsp3) is 0.409. The number of aromatic nitrogens is 2. The van der Waals surface area contributed by atoms with E-state index in [0.717, 1.165) is 23.6 Å². The lowest BCUT2D eigenvalue weighted by atomic mass is 10.0. The van der Waals surface area contributed by atoms with Crippen LogP contribution in [-0.4, -0.2) is 28.7 Å². The van der Waals surface area contributed by atoms with E-state index in [-0.39, 0.29) is 11.9 Å². The topological polar surface area (TPSA) is 85.6 Å².